The van der Waals surface area contributed by atoms with Crippen LogP contribution < -0.4 is 5.32 Å². The third-order valence-corrected chi connectivity index (χ3v) is 4.96. The minimum Gasteiger partial charge on any atom is -0.345 e. The third-order valence-electron chi connectivity index (χ3n) is 4.71. The maximum Gasteiger partial charge on any atom is 0.251 e. The van der Waals surface area contributed by atoms with Gasteiger partial charge in [0.15, 0.2) is 0 Å². The third kappa shape index (κ3) is 3.92. The second-order valence-electron chi connectivity index (χ2n) is 6.78. The van der Waals surface area contributed by atoms with Gasteiger partial charge >= 0.3 is 0 Å². The molecule has 5 heteroatoms. The van der Waals surface area contributed by atoms with Crippen molar-refractivity contribution in [3.63, 3.8) is 0 Å². The fourth-order valence-corrected chi connectivity index (χ4v) is 3.30. The number of aryl methyl sites for hydroxylation is 1. The van der Waals surface area contributed by atoms with Gasteiger partial charge in [-0.2, -0.15) is 0 Å². The molecule has 0 unspecified atom stereocenters. The van der Waals surface area contributed by atoms with Crippen molar-refractivity contribution in [3.05, 3.63) is 100 Å². The van der Waals surface area contributed by atoms with Crippen LogP contribution in [-0.4, -0.2) is 15.5 Å². The number of nitrogens with one attached hydrogen (secondary N) is 1. The van der Waals surface area contributed by atoms with E-state index in [9.17, 15) is 4.79 Å². The number of fused-ring (bicyclic) bond motifs is 1. The molecule has 0 aliphatic rings. The largest absolute Gasteiger partial charge is 0.345 e. The zero-order valence-corrected chi connectivity index (χ0v) is 16.3. The van der Waals surface area contributed by atoms with Crippen LogP contribution in [0.4, 0.5) is 0 Å². The Morgan fingerprint density at radius 3 is 2.46 bits per heavy atom. The van der Waals surface area contributed by atoms with Gasteiger partial charge < -0.3 is 9.88 Å². The summed E-state index contributed by atoms with van der Waals surface area (Å²) < 4.78 is 2.15. The van der Waals surface area contributed by atoms with E-state index in [2.05, 4.69) is 47.1 Å². The summed E-state index contributed by atoms with van der Waals surface area (Å²) in [5, 5.41) is 3.57. The number of imidazole rings is 1. The highest BCUT2D eigenvalue weighted by molar-refractivity contribution is 6.30. The number of amides is 1. The summed E-state index contributed by atoms with van der Waals surface area (Å²) in [5.74, 6) is 0.676. The first kappa shape index (κ1) is 18.3. The van der Waals surface area contributed by atoms with Crippen LogP contribution in [0.1, 0.15) is 27.3 Å². The van der Waals surface area contributed by atoms with E-state index in [1.54, 1.807) is 24.3 Å². The molecule has 1 heterocycles. The van der Waals surface area contributed by atoms with E-state index >= 15 is 0 Å². The first-order valence-corrected chi connectivity index (χ1v) is 9.51. The van der Waals surface area contributed by atoms with Crippen molar-refractivity contribution in [1.82, 2.24) is 14.9 Å². The van der Waals surface area contributed by atoms with Crippen LogP contribution in [0.25, 0.3) is 11.0 Å². The van der Waals surface area contributed by atoms with E-state index in [1.165, 1.54) is 11.1 Å². The van der Waals surface area contributed by atoms with Crippen molar-refractivity contribution in [3.8, 4) is 0 Å². The lowest BCUT2D eigenvalue weighted by Crippen LogP contribution is -2.24. The molecule has 1 aromatic heterocycles. The van der Waals surface area contributed by atoms with Gasteiger partial charge in [-0.1, -0.05) is 53.6 Å². The van der Waals surface area contributed by atoms with Crippen LogP contribution >= 0.6 is 11.6 Å². The lowest BCUT2D eigenvalue weighted by molar-refractivity contribution is 0.0949. The molecular weight excluding hydrogens is 370 g/mol. The summed E-state index contributed by atoms with van der Waals surface area (Å²) in [6.45, 7) is 3.13. The van der Waals surface area contributed by atoms with Crippen LogP contribution in [0.15, 0.2) is 72.8 Å². The number of hydrogen-bond donors (Lipinski definition) is 1. The molecular formula is C23H20ClN3O. The Hall–Kier alpha value is -3.11. The monoisotopic (exact) mass is 389 g/mol. The SMILES string of the molecule is Cc1ccc(Cn2c(CNC(=O)c3ccc(Cl)cc3)nc3ccccc32)cc1. The fourth-order valence-electron chi connectivity index (χ4n) is 3.18. The first-order valence-electron chi connectivity index (χ1n) is 9.13. The average Bonchev–Trinajstić information content (AvgIpc) is 3.06. The Bertz CT molecular complexity index is 1120. The van der Waals surface area contributed by atoms with Crippen LogP contribution in [0.3, 0.4) is 0 Å². The Labute approximate surface area is 168 Å². The number of benzene rings is 3. The van der Waals surface area contributed by atoms with Crippen molar-refractivity contribution in [2.45, 2.75) is 20.0 Å². The molecule has 28 heavy (non-hydrogen) atoms. The summed E-state index contributed by atoms with van der Waals surface area (Å²) in [7, 11) is 0. The van der Waals surface area contributed by atoms with Crippen molar-refractivity contribution >= 4 is 28.5 Å². The summed E-state index contributed by atoms with van der Waals surface area (Å²) >= 11 is 5.90. The van der Waals surface area contributed by atoms with E-state index < -0.39 is 0 Å². The maximum atomic E-state index is 12.5. The Morgan fingerprint density at radius 2 is 1.71 bits per heavy atom. The van der Waals surface area contributed by atoms with Crippen LogP contribution in [-0.2, 0) is 13.1 Å². The fraction of sp³-hybridized carbons (Fsp3) is 0.130. The van der Waals surface area contributed by atoms with Gasteiger partial charge in [-0.25, -0.2) is 4.98 Å². The van der Waals surface area contributed by atoms with E-state index in [-0.39, 0.29) is 5.91 Å². The van der Waals surface area contributed by atoms with E-state index in [1.807, 2.05) is 18.2 Å². The molecule has 0 atom stereocenters. The summed E-state index contributed by atoms with van der Waals surface area (Å²) in [5.41, 5.74) is 4.98. The number of halogens is 1. The van der Waals surface area contributed by atoms with Crippen molar-refractivity contribution < 1.29 is 4.79 Å². The molecule has 0 aliphatic heterocycles. The van der Waals surface area contributed by atoms with Crippen molar-refractivity contribution in [2.24, 2.45) is 0 Å². The van der Waals surface area contributed by atoms with Crippen LogP contribution in [0.5, 0.6) is 0 Å². The quantitative estimate of drug-likeness (QED) is 0.523. The predicted octanol–water partition coefficient (Wildman–Crippen LogP) is 4.98. The average molecular weight is 390 g/mol. The van der Waals surface area contributed by atoms with Gasteiger partial charge in [0.1, 0.15) is 5.82 Å². The highest BCUT2D eigenvalue weighted by atomic mass is 35.5. The minimum absolute atomic E-state index is 0.148. The number of carbonyl (C=O) groups is 1. The zero-order valence-electron chi connectivity index (χ0n) is 15.5. The standard InChI is InChI=1S/C23H20ClN3O/c1-16-6-8-17(9-7-16)15-27-21-5-3-2-4-20(21)26-22(27)14-25-23(28)18-10-12-19(24)13-11-18/h2-13H,14-15H2,1H3,(H,25,28). The molecule has 3 aromatic carbocycles. The van der Waals surface area contributed by atoms with Gasteiger partial charge in [-0.15, -0.1) is 0 Å². The second kappa shape index (κ2) is 7.87. The second-order valence-corrected chi connectivity index (χ2v) is 7.21. The van der Waals surface area contributed by atoms with E-state index in [0.717, 1.165) is 16.9 Å². The molecule has 0 fully saturated rings. The Morgan fingerprint density at radius 1 is 1.00 bits per heavy atom. The van der Waals surface area contributed by atoms with Crippen molar-refractivity contribution in [1.29, 1.82) is 0 Å². The van der Waals surface area contributed by atoms with Gasteiger partial charge in [-0.05, 0) is 48.9 Å². The minimum atomic E-state index is -0.148. The van der Waals surface area contributed by atoms with Crippen molar-refractivity contribution in [2.75, 3.05) is 0 Å². The Kier molecular flexibility index (Phi) is 5.13. The highest BCUT2D eigenvalue weighted by Gasteiger charge is 2.13. The molecule has 1 N–H and O–H groups in total. The number of carbonyl (C=O) groups excluding carboxylic acids is 1. The highest BCUT2D eigenvalue weighted by Crippen LogP contribution is 2.18. The topological polar surface area (TPSA) is 46.9 Å². The molecule has 4 nitrogen and oxygen atoms in total. The van der Waals surface area contributed by atoms with Gasteiger partial charge in [0.25, 0.3) is 5.91 Å². The van der Waals surface area contributed by atoms with Gasteiger partial charge in [-0.3, -0.25) is 4.79 Å². The number of rotatable bonds is 5. The van der Waals surface area contributed by atoms with Gasteiger partial charge in [0.05, 0.1) is 17.6 Å². The molecule has 0 bridgehead atoms. The lowest BCUT2D eigenvalue weighted by Gasteiger charge is -2.11. The van der Waals surface area contributed by atoms with Crippen LogP contribution in [0, 0.1) is 6.92 Å². The molecule has 1 amide bonds. The predicted molar refractivity (Wildman–Crippen MR) is 113 cm³/mol. The van der Waals surface area contributed by atoms with Gasteiger partial charge in [0.2, 0.25) is 0 Å². The molecule has 0 saturated heterocycles. The van der Waals surface area contributed by atoms with Crippen LogP contribution in [0.2, 0.25) is 5.02 Å². The van der Waals surface area contributed by atoms with E-state index in [4.69, 9.17) is 16.6 Å². The summed E-state index contributed by atoms with van der Waals surface area (Å²) in [6, 6.07) is 23.3. The maximum absolute atomic E-state index is 12.5. The normalized spacial score (nSPS) is 10.9. The first-order chi connectivity index (χ1) is 13.6. The number of hydrogen-bond acceptors (Lipinski definition) is 2. The molecule has 0 aliphatic carbocycles. The smallest absolute Gasteiger partial charge is 0.251 e. The molecule has 140 valence electrons. The molecule has 0 saturated carbocycles. The van der Waals surface area contributed by atoms with Gasteiger partial charge in [0, 0.05) is 17.1 Å². The molecule has 4 rings (SSSR count). The summed E-state index contributed by atoms with van der Waals surface area (Å²) in [6.07, 6.45) is 0. The lowest BCUT2D eigenvalue weighted by atomic mass is 10.1. The number of para-hydroxylation sites is 2. The number of aromatic nitrogens is 2. The molecule has 0 spiro atoms. The number of nitrogens with zero attached hydrogens (tertiary/aromatic N) is 2. The van der Waals surface area contributed by atoms with E-state index in [0.29, 0.717) is 23.7 Å². The molecule has 0 radical (unpaired) electrons. The zero-order chi connectivity index (χ0) is 19.5. The molecule has 4 aromatic rings. The summed E-state index contributed by atoms with van der Waals surface area (Å²) in [4.78, 5) is 17.2. The Balaban J connectivity index is 1.60.